The molecule has 6 heteroatoms. The SMILES string of the molecule is C[C@H](C(=O)Nc1cc(Cl)ccc1Cl)N1CCOCC1. The smallest absolute Gasteiger partial charge is 0.241 e. The van der Waals surface area contributed by atoms with E-state index in [0.717, 1.165) is 13.1 Å². The number of nitrogens with zero attached hydrogens (tertiary/aromatic N) is 1. The number of carbonyl (C=O) groups excluding carboxylic acids is 1. The molecule has 1 atom stereocenters. The number of hydrogen-bond donors (Lipinski definition) is 1. The van der Waals surface area contributed by atoms with Crippen molar-refractivity contribution in [2.24, 2.45) is 0 Å². The monoisotopic (exact) mass is 302 g/mol. The average molecular weight is 303 g/mol. The lowest BCUT2D eigenvalue weighted by Gasteiger charge is -2.31. The summed E-state index contributed by atoms with van der Waals surface area (Å²) in [6.45, 7) is 4.72. The third-order valence-corrected chi connectivity index (χ3v) is 3.72. The fraction of sp³-hybridized carbons (Fsp3) is 0.462. The van der Waals surface area contributed by atoms with E-state index >= 15 is 0 Å². The molecule has 1 aliphatic rings. The summed E-state index contributed by atoms with van der Waals surface area (Å²) in [5.41, 5.74) is 0.541. The number of amides is 1. The van der Waals surface area contributed by atoms with Gasteiger partial charge in [-0.3, -0.25) is 9.69 Å². The Balaban J connectivity index is 2.01. The molecule has 0 unspecified atom stereocenters. The van der Waals surface area contributed by atoms with Crippen LogP contribution >= 0.6 is 23.2 Å². The van der Waals surface area contributed by atoms with Crippen molar-refractivity contribution in [2.45, 2.75) is 13.0 Å². The predicted molar refractivity (Wildman–Crippen MR) is 76.9 cm³/mol. The summed E-state index contributed by atoms with van der Waals surface area (Å²) in [7, 11) is 0. The highest BCUT2D eigenvalue weighted by molar-refractivity contribution is 6.35. The molecule has 1 aromatic rings. The highest BCUT2D eigenvalue weighted by Crippen LogP contribution is 2.25. The molecular weight excluding hydrogens is 287 g/mol. The molecule has 1 fully saturated rings. The van der Waals surface area contributed by atoms with Crippen LogP contribution in [0.25, 0.3) is 0 Å². The summed E-state index contributed by atoms with van der Waals surface area (Å²) >= 11 is 11.9. The van der Waals surface area contributed by atoms with E-state index in [1.54, 1.807) is 18.2 Å². The van der Waals surface area contributed by atoms with Crippen LogP contribution in [-0.4, -0.2) is 43.2 Å². The van der Waals surface area contributed by atoms with Crippen LogP contribution in [0.2, 0.25) is 10.0 Å². The number of nitrogens with one attached hydrogen (secondary N) is 1. The van der Waals surface area contributed by atoms with Crippen molar-refractivity contribution in [3.63, 3.8) is 0 Å². The van der Waals surface area contributed by atoms with Gasteiger partial charge < -0.3 is 10.1 Å². The molecule has 1 saturated heterocycles. The second kappa shape index (κ2) is 6.57. The van der Waals surface area contributed by atoms with Crippen molar-refractivity contribution in [3.8, 4) is 0 Å². The fourth-order valence-electron chi connectivity index (χ4n) is 1.96. The van der Waals surface area contributed by atoms with E-state index in [-0.39, 0.29) is 11.9 Å². The van der Waals surface area contributed by atoms with Gasteiger partial charge >= 0.3 is 0 Å². The Morgan fingerprint density at radius 1 is 1.37 bits per heavy atom. The summed E-state index contributed by atoms with van der Waals surface area (Å²) in [5.74, 6) is -0.0916. The van der Waals surface area contributed by atoms with Crippen molar-refractivity contribution in [2.75, 3.05) is 31.6 Å². The Hall–Kier alpha value is -0.810. The first-order valence-electron chi connectivity index (χ1n) is 6.15. The highest BCUT2D eigenvalue weighted by atomic mass is 35.5. The molecule has 0 saturated carbocycles. The quantitative estimate of drug-likeness (QED) is 0.933. The Morgan fingerprint density at radius 3 is 2.74 bits per heavy atom. The minimum Gasteiger partial charge on any atom is -0.379 e. The van der Waals surface area contributed by atoms with Gasteiger partial charge in [-0.2, -0.15) is 0 Å². The Morgan fingerprint density at radius 2 is 2.05 bits per heavy atom. The number of carbonyl (C=O) groups is 1. The van der Waals surface area contributed by atoms with Crippen molar-refractivity contribution in [1.29, 1.82) is 0 Å². The van der Waals surface area contributed by atoms with Crippen LogP contribution in [0.4, 0.5) is 5.69 Å². The van der Waals surface area contributed by atoms with Crippen molar-refractivity contribution < 1.29 is 9.53 Å². The van der Waals surface area contributed by atoms with Crippen LogP contribution in [0, 0.1) is 0 Å². The van der Waals surface area contributed by atoms with Crippen LogP contribution in [0.3, 0.4) is 0 Å². The Labute approximate surface area is 122 Å². The molecule has 2 rings (SSSR count). The van der Waals surface area contributed by atoms with Crippen LogP contribution < -0.4 is 5.32 Å². The largest absolute Gasteiger partial charge is 0.379 e. The van der Waals surface area contributed by atoms with Crippen LogP contribution in [0.5, 0.6) is 0 Å². The lowest BCUT2D eigenvalue weighted by Crippen LogP contribution is -2.47. The van der Waals surface area contributed by atoms with Gasteiger partial charge in [0.1, 0.15) is 0 Å². The van der Waals surface area contributed by atoms with Crippen LogP contribution in [0.1, 0.15) is 6.92 Å². The molecule has 1 heterocycles. The number of hydrogen-bond acceptors (Lipinski definition) is 3. The predicted octanol–water partition coefficient (Wildman–Crippen LogP) is 2.65. The van der Waals surface area contributed by atoms with Crippen molar-refractivity contribution in [1.82, 2.24) is 4.90 Å². The first-order valence-corrected chi connectivity index (χ1v) is 6.91. The van der Waals surface area contributed by atoms with Gasteiger partial charge in [-0.05, 0) is 25.1 Å². The maximum absolute atomic E-state index is 12.2. The zero-order chi connectivity index (χ0) is 13.8. The first kappa shape index (κ1) is 14.6. The molecule has 1 aliphatic heterocycles. The van der Waals surface area contributed by atoms with Gasteiger partial charge in [0.05, 0.1) is 30.0 Å². The van der Waals surface area contributed by atoms with Gasteiger partial charge in [0.2, 0.25) is 5.91 Å². The molecule has 1 N–H and O–H groups in total. The van der Waals surface area contributed by atoms with E-state index in [4.69, 9.17) is 27.9 Å². The molecule has 4 nitrogen and oxygen atoms in total. The summed E-state index contributed by atoms with van der Waals surface area (Å²) in [6, 6.07) is 4.77. The van der Waals surface area contributed by atoms with Gasteiger partial charge in [-0.25, -0.2) is 0 Å². The summed E-state index contributed by atoms with van der Waals surface area (Å²) in [5, 5.41) is 3.83. The lowest BCUT2D eigenvalue weighted by atomic mass is 10.2. The minimum absolute atomic E-state index is 0.0916. The van der Waals surface area contributed by atoms with E-state index in [2.05, 4.69) is 10.2 Å². The zero-order valence-electron chi connectivity index (χ0n) is 10.7. The van der Waals surface area contributed by atoms with Gasteiger partial charge in [-0.15, -0.1) is 0 Å². The molecule has 19 heavy (non-hydrogen) atoms. The van der Waals surface area contributed by atoms with Gasteiger partial charge in [-0.1, -0.05) is 23.2 Å². The number of anilines is 1. The molecule has 0 spiro atoms. The second-order valence-electron chi connectivity index (χ2n) is 4.44. The molecule has 0 aromatic heterocycles. The summed E-state index contributed by atoms with van der Waals surface area (Å²) in [4.78, 5) is 14.3. The van der Waals surface area contributed by atoms with E-state index in [9.17, 15) is 4.79 Å². The standard InChI is InChI=1S/C13H16Cl2N2O2/c1-9(17-4-6-19-7-5-17)13(18)16-12-8-10(14)2-3-11(12)15/h2-3,8-9H,4-7H2,1H3,(H,16,18)/t9-/m1/s1. The number of benzene rings is 1. The van der Waals surface area contributed by atoms with Gasteiger partial charge in [0.15, 0.2) is 0 Å². The molecule has 104 valence electrons. The van der Waals surface area contributed by atoms with Crippen LogP contribution in [-0.2, 0) is 9.53 Å². The topological polar surface area (TPSA) is 41.6 Å². The normalized spacial score (nSPS) is 18.1. The van der Waals surface area contributed by atoms with E-state index < -0.39 is 0 Å². The number of halogens is 2. The highest BCUT2D eigenvalue weighted by Gasteiger charge is 2.23. The lowest BCUT2D eigenvalue weighted by molar-refractivity contribution is -0.122. The molecule has 1 amide bonds. The number of rotatable bonds is 3. The molecule has 0 radical (unpaired) electrons. The van der Waals surface area contributed by atoms with Crippen LogP contribution in [0.15, 0.2) is 18.2 Å². The van der Waals surface area contributed by atoms with Gasteiger partial charge in [0, 0.05) is 18.1 Å². The Kier molecular flexibility index (Phi) is 5.05. The van der Waals surface area contributed by atoms with Crippen molar-refractivity contribution in [3.05, 3.63) is 28.2 Å². The van der Waals surface area contributed by atoms with E-state index in [0.29, 0.717) is 28.9 Å². The van der Waals surface area contributed by atoms with E-state index in [1.807, 2.05) is 6.92 Å². The zero-order valence-corrected chi connectivity index (χ0v) is 12.2. The third kappa shape index (κ3) is 3.83. The number of morpholine rings is 1. The van der Waals surface area contributed by atoms with Crippen molar-refractivity contribution >= 4 is 34.8 Å². The molecule has 0 aliphatic carbocycles. The second-order valence-corrected chi connectivity index (χ2v) is 5.28. The molecular formula is C13H16Cl2N2O2. The summed E-state index contributed by atoms with van der Waals surface area (Å²) in [6.07, 6.45) is 0. The third-order valence-electron chi connectivity index (χ3n) is 3.16. The van der Waals surface area contributed by atoms with E-state index in [1.165, 1.54) is 0 Å². The minimum atomic E-state index is -0.223. The number of ether oxygens (including phenoxy) is 1. The average Bonchev–Trinajstić information content (AvgIpc) is 2.43. The van der Waals surface area contributed by atoms with Gasteiger partial charge in [0.25, 0.3) is 0 Å². The first-order chi connectivity index (χ1) is 9.08. The maximum Gasteiger partial charge on any atom is 0.241 e. The molecule has 0 bridgehead atoms. The fourth-order valence-corrected chi connectivity index (χ4v) is 2.30. The maximum atomic E-state index is 12.2. The summed E-state index contributed by atoms with van der Waals surface area (Å²) < 4.78 is 5.27. The molecule has 1 aromatic carbocycles. The Bertz CT molecular complexity index is 462.